The lowest BCUT2D eigenvalue weighted by Crippen LogP contribution is -2.08. The Labute approximate surface area is 108 Å². The maximum absolute atomic E-state index is 5.19. The Hall–Kier alpha value is -1.97. The molecule has 18 heavy (non-hydrogen) atoms. The zero-order valence-corrected chi connectivity index (χ0v) is 11.1. The highest BCUT2D eigenvalue weighted by Gasteiger charge is 2.03. The van der Waals surface area contributed by atoms with Crippen LogP contribution in [0, 0.1) is 6.92 Å². The zero-order valence-electron chi connectivity index (χ0n) is 11.1. The fourth-order valence-corrected chi connectivity index (χ4v) is 1.93. The number of nitrogens with one attached hydrogen (secondary N) is 1. The second-order valence-corrected chi connectivity index (χ2v) is 4.16. The Morgan fingerprint density at radius 3 is 2.89 bits per heavy atom. The van der Waals surface area contributed by atoms with Crippen LogP contribution >= 0.6 is 0 Å². The molecular formula is C14H19N3O. The van der Waals surface area contributed by atoms with Gasteiger partial charge in [0.2, 0.25) is 0 Å². The Balaban J connectivity index is 2.06. The second kappa shape index (κ2) is 5.58. The topological polar surface area (TPSA) is 39.1 Å². The second-order valence-electron chi connectivity index (χ2n) is 4.16. The van der Waals surface area contributed by atoms with E-state index in [-0.39, 0.29) is 0 Å². The maximum Gasteiger partial charge on any atom is 0.128 e. The number of hydrogen-bond acceptors (Lipinski definition) is 3. The van der Waals surface area contributed by atoms with Crippen LogP contribution < -0.4 is 10.1 Å². The van der Waals surface area contributed by atoms with E-state index < -0.39 is 0 Å². The third kappa shape index (κ3) is 2.64. The van der Waals surface area contributed by atoms with Gasteiger partial charge in [-0.2, -0.15) is 0 Å². The van der Waals surface area contributed by atoms with Crippen molar-refractivity contribution in [3.63, 3.8) is 0 Å². The van der Waals surface area contributed by atoms with Gasteiger partial charge in [-0.25, -0.2) is 4.98 Å². The van der Waals surface area contributed by atoms with Crippen LogP contribution in [-0.4, -0.2) is 16.7 Å². The van der Waals surface area contributed by atoms with Gasteiger partial charge in [0.05, 0.1) is 13.7 Å². The molecule has 2 aromatic rings. The van der Waals surface area contributed by atoms with Gasteiger partial charge in [-0.1, -0.05) is 0 Å². The summed E-state index contributed by atoms with van der Waals surface area (Å²) >= 11 is 0. The van der Waals surface area contributed by atoms with Gasteiger partial charge >= 0.3 is 0 Å². The van der Waals surface area contributed by atoms with Gasteiger partial charge in [0.25, 0.3) is 0 Å². The van der Waals surface area contributed by atoms with E-state index in [1.54, 1.807) is 7.11 Å². The molecule has 0 bridgehead atoms. The first-order chi connectivity index (χ1) is 8.74. The van der Waals surface area contributed by atoms with Gasteiger partial charge < -0.3 is 14.6 Å². The van der Waals surface area contributed by atoms with Crippen LogP contribution in [-0.2, 0) is 13.1 Å². The van der Waals surface area contributed by atoms with Crippen LogP contribution in [0.25, 0.3) is 0 Å². The van der Waals surface area contributed by atoms with Crippen LogP contribution in [0.5, 0.6) is 5.75 Å². The summed E-state index contributed by atoms with van der Waals surface area (Å²) < 4.78 is 7.32. The molecule has 1 N–H and O–H groups in total. The van der Waals surface area contributed by atoms with Gasteiger partial charge in [0, 0.05) is 24.6 Å². The van der Waals surface area contributed by atoms with Crippen molar-refractivity contribution in [2.45, 2.75) is 26.9 Å². The van der Waals surface area contributed by atoms with Crippen LogP contribution in [0.4, 0.5) is 5.69 Å². The molecule has 0 saturated carbocycles. The van der Waals surface area contributed by atoms with Crippen LogP contribution in [0.2, 0.25) is 0 Å². The summed E-state index contributed by atoms with van der Waals surface area (Å²) in [5.41, 5.74) is 2.28. The van der Waals surface area contributed by atoms with Crippen molar-refractivity contribution < 1.29 is 4.74 Å². The van der Waals surface area contributed by atoms with E-state index in [9.17, 15) is 0 Å². The minimum absolute atomic E-state index is 0.730. The highest BCUT2D eigenvalue weighted by atomic mass is 16.5. The average molecular weight is 245 g/mol. The Morgan fingerprint density at radius 2 is 2.22 bits per heavy atom. The number of aryl methyl sites for hydroxylation is 2. The van der Waals surface area contributed by atoms with Crippen molar-refractivity contribution in [3.8, 4) is 5.75 Å². The normalized spacial score (nSPS) is 10.4. The molecule has 1 aromatic carbocycles. The standard InChI is InChI=1S/C14H19N3O/c1-4-17-8-7-15-14(17)10-16-13-6-5-12(18-3)9-11(13)2/h5-9,16H,4,10H2,1-3H3. The molecule has 2 rings (SSSR count). The van der Waals surface area contributed by atoms with Crippen molar-refractivity contribution in [1.82, 2.24) is 9.55 Å². The van der Waals surface area contributed by atoms with Crippen LogP contribution in [0.3, 0.4) is 0 Å². The van der Waals surface area contributed by atoms with Gasteiger partial charge in [-0.05, 0) is 37.6 Å². The van der Waals surface area contributed by atoms with Crippen molar-refractivity contribution >= 4 is 5.69 Å². The average Bonchev–Trinajstić information content (AvgIpc) is 2.84. The van der Waals surface area contributed by atoms with E-state index >= 15 is 0 Å². The van der Waals surface area contributed by atoms with E-state index in [1.807, 2.05) is 30.6 Å². The summed E-state index contributed by atoms with van der Waals surface area (Å²) in [7, 11) is 1.68. The molecule has 96 valence electrons. The summed E-state index contributed by atoms with van der Waals surface area (Å²) in [4.78, 5) is 4.34. The van der Waals surface area contributed by atoms with E-state index in [2.05, 4.69) is 28.7 Å². The number of aromatic nitrogens is 2. The van der Waals surface area contributed by atoms with Crippen molar-refractivity contribution in [2.24, 2.45) is 0 Å². The minimum atomic E-state index is 0.730. The molecule has 0 aliphatic heterocycles. The zero-order chi connectivity index (χ0) is 13.0. The van der Waals surface area contributed by atoms with E-state index in [0.29, 0.717) is 0 Å². The summed E-state index contributed by atoms with van der Waals surface area (Å²) in [6.07, 6.45) is 3.83. The van der Waals surface area contributed by atoms with Gasteiger partial charge in [-0.3, -0.25) is 0 Å². The molecule has 0 spiro atoms. The summed E-state index contributed by atoms with van der Waals surface area (Å²) in [5, 5.41) is 3.40. The fourth-order valence-electron chi connectivity index (χ4n) is 1.93. The summed E-state index contributed by atoms with van der Waals surface area (Å²) in [6.45, 7) is 5.85. The third-order valence-corrected chi connectivity index (χ3v) is 3.01. The summed E-state index contributed by atoms with van der Waals surface area (Å²) in [6, 6.07) is 6.02. The van der Waals surface area contributed by atoms with Crippen molar-refractivity contribution in [2.75, 3.05) is 12.4 Å². The summed E-state index contributed by atoms with van der Waals surface area (Å²) in [5.74, 6) is 1.93. The van der Waals surface area contributed by atoms with E-state index in [1.165, 1.54) is 5.56 Å². The first-order valence-electron chi connectivity index (χ1n) is 6.13. The first kappa shape index (κ1) is 12.5. The lowest BCUT2D eigenvalue weighted by Gasteiger charge is -2.11. The van der Waals surface area contributed by atoms with Crippen LogP contribution in [0.15, 0.2) is 30.6 Å². The Bertz CT molecular complexity index is 520. The largest absolute Gasteiger partial charge is 0.497 e. The van der Waals surface area contributed by atoms with E-state index in [4.69, 9.17) is 4.74 Å². The predicted octanol–water partition coefficient (Wildman–Crippen LogP) is 2.83. The number of imidazole rings is 1. The molecule has 1 heterocycles. The molecular weight excluding hydrogens is 226 g/mol. The van der Waals surface area contributed by atoms with E-state index in [0.717, 1.165) is 30.4 Å². The number of methoxy groups -OCH3 is 1. The maximum atomic E-state index is 5.19. The third-order valence-electron chi connectivity index (χ3n) is 3.01. The highest BCUT2D eigenvalue weighted by molar-refractivity contribution is 5.53. The monoisotopic (exact) mass is 245 g/mol. The van der Waals surface area contributed by atoms with Crippen molar-refractivity contribution in [1.29, 1.82) is 0 Å². The van der Waals surface area contributed by atoms with Gasteiger partial charge in [0.15, 0.2) is 0 Å². The van der Waals surface area contributed by atoms with Gasteiger partial charge in [0.1, 0.15) is 11.6 Å². The lowest BCUT2D eigenvalue weighted by atomic mass is 10.2. The van der Waals surface area contributed by atoms with Crippen LogP contribution in [0.1, 0.15) is 18.3 Å². The Kier molecular flexibility index (Phi) is 3.87. The number of hydrogen-bond donors (Lipinski definition) is 1. The van der Waals surface area contributed by atoms with Crippen molar-refractivity contribution in [3.05, 3.63) is 42.0 Å². The molecule has 4 nitrogen and oxygen atoms in total. The SMILES string of the molecule is CCn1ccnc1CNc1ccc(OC)cc1C. The fraction of sp³-hybridized carbons (Fsp3) is 0.357. The molecule has 1 aromatic heterocycles. The predicted molar refractivity (Wildman–Crippen MR) is 73.0 cm³/mol. The molecule has 0 aliphatic rings. The first-order valence-corrected chi connectivity index (χ1v) is 6.13. The molecule has 0 radical (unpaired) electrons. The smallest absolute Gasteiger partial charge is 0.128 e. The number of rotatable bonds is 5. The molecule has 0 saturated heterocycles. The molecule has 0 atom stereocenters. The molecule has 0 unspecified atom stereocenters. The number of benzene rings is 1. The highest BCUT2D eigenvalue weighted by Crippen LogP contribution is 2.21. The Morgan fingerprint density at radius 1 is 1.39 bits per heavy atom. The molecule has 0 amide bonds. The number of ether oxygens (including phenoxy) is 1. The number of nitrogens with zero attached hydrogens (tertiary/aromatic N) is 2. The molecule has 0 fully saturated rings. The molecule has 0 aliphatic carbocycles. The van der Waals surface area contributed by atoms with Gasteiger partial charge in [-0.15, -0.1) is 0 Å². The minimum Gasteiger partial charge on any atom is -0.497 e. The molecule has 4 heteroatoms. The number of anilines is 1. The lowest BCUT2D eigenvalue weighted by molar-refractivity contribution is 0.414. The quantitative estimate of drug-likeness (QED) is 0.880.